The first-order valence-electron chi connectivity index (χ1n) is 8.65. The van der Waals surface area contributed by atoms with E-state index in [1.807, 2.05) is 37.3 Å². The molecule has 2 atom stereocenters. The van der Waals surface area contributed by atoms with Gasteiger partial charge in [0.2, 0.25) is 10.0 Å². The van der Waals surface area contributed by atoms with E-state index in [0.29, 0.717) is 24.9 Å². The Bertz CT molecular complexity index is 820. The van der Waals surface area contributed by atoms with E-state index in [0.717, 1.165) is 36.5 Å². The summed E-state index contributed by atoms with van der Waals surface area (Å²) in [5.74, 6) is 1.80. The fourth-order valence-electron chi connectivity index (χ4n) is 3.99. The van der Waals surface area contributed by atoms with Crippen molar-refractivity contribution < 1.29 is 12.9 Å². The van der Waals surface area contributed by atoms with Crippen LogP contribution in [-0.4, -0.2) is 49.0 Å². The number of fused-ring (bicyclic) bond motifs is 1. The molecule has 1 aromatic carbocycles. The zero-order valence-electron chi connectivity index (χ0n) is 14.3. The Morgan fingerprint density at radius 1 is 1.12 bits per heavy atom. The highest BCUT2D eigenvalue weighted by Gasteiger charge is 2.43. The van der Waals surface area contributed by atoms with Crippen LogP contribution in [0.15, 0.2) is 41.1 Å². The molecule has 134 valence electrons. The lowest BCUT2D eigenvalue weighted by atomic mass is 10.0. The summed E-state index contributed by atoms with van der Waals surface area (Å²) in [6.45, 7) is 5.91. The Labute approximate surface area is 148 Å². The maximum Gasteiger partial charge on any atom is 0.218 e. The van der Waals surface area contributed by atoms with Crippen molar-refractivity contribution in [2.45, 2.75) is 19.2 Å². The minimum absolute atomic E-state index is 0.0941. The number of likely N-dealkylation sites (tertiary alicyclic amines) is 1. The third kappa shape index (κ3) is 3.49. The zero-order valence-corrected chi connectivity index (χ0v) is 15.2. The molecule has 2 aromatic rings. The number of aryl methyl sites for hydroxylation is 1. The van der Waals surface area contributed by atoms with Crippen LogP contribution < -0.4 is 0 Å². The summed E-state index contributed by atoms with van der Waals surface area (Å²) in [5.41, 5.74) is 1.97. The van der Waals surface area contributed by atoms with Gasteiger partial charge in [0.15, 0.2) is 0 Å². The van der Waals surface area contributed by atoms with Gasteiger partial charge in [-0.1, -0.05) is 35.5 Å². The number of benzene rings is 1. The molecule has 0 saturated carbocycles. The highest BCUT2D eigenvalue weighted by atomic mass is 32.2. The van der Waals surface area contributed by atoms with E-state index in [1.165, 1.54) is 0 Å². The van der Waals surface area contributed by atoms with Gasteiger partial charge >= 0.3 is 0 Å². The van der Waals surface area contributed by atoms with Crippen LogP contribution in [0.4, 0.5) is 0 Å². The Morgan fingerprint density at radius 2 is 1.80 bits per heavy atom. The van der Waals surface area contributed by atoms with Crippen molar-refractivity contribution in [3.63, 3.8) is 0 Å². The number of hydrogen-bond acceptors (Lipinski definition) is 5. The molecule has 7 heteroatoms. The second kappa shape index (κ2) is 6.55. The molecule has 0 spiro atoms. The van der Waals surface area contributed by atoms with Gasteiger partial charge in [0.05, 0.1) is 11.9 Å². The number of nitrogens with zero attached hydrogens (tertiary/aromatic N) is 3. The van der Waals surface area contributed by atoms with E-state index >= 15 is 0 Å². The summed E-state index contributed by atoms with van der Waals surface area (Å²) in [7, 11) is -3.24. The first kappa shape index (κ1) is 16.8. The molecule has 2 unspecified atom stereocenters. The monoisotopic (exact) mass is 361 g/mol. The Hall–Kier alpha value is -1.70. The average molecular weight is 361 g/mol. The lowest BCUT2D eigenvalue weighted by Crippen LogP contribution is -2.34. The van der Waals surface area contributed by atoms with Crippen LogP contribution in [0, 0.1) is 18.8 Å². The SMILES string of the molecule is Cc1oncc1CN1CC2CN(S(=O)(=O)Cc3ccccc3)CC2C1. The van der Waals surface area contributed by atoms with Gasteiger partial charge in [0.25, 0.3) is 0 Å². The maximum absolute atomic E-state index is 12.7. The molecule has 0 bridgehead atoms. The third-order valence-electron chi connectivity index (χ3n) is 5.36. The zero-order chi connectivity index (χ0) is 17.4. The van der Waals surface area contributed by atoms with Crippen molar-refractivity contribution in [3.8, 4) is 0 Å². The van der Waals surface area contributed by atoms with Crippen molar-refractivity contribution in [1.82, 2.24) is 14.4 Å². The van der Waals surface area contributed by atoms with Crippen molar-refractivity contribution in [1.29, 1.82) is 0 Å². The van der Waals surface area contributed by atoms with Gasteiger partial charge in [-0.3, -0.25) is 4.90 Å². The van der Waals surface area contributed by atoms with Gasteiger partial charge in [-0.05, 0) is 24.3 Å². The summed E-state index contributed by atoms with van der Waals surface area (Å²) in [5, 5.41) is 3.83. The van der Waals surface area contributed by atoms with E-state index in [-0.39, 0.29) is 5.75 Å². The molecule has 4 rings (SSSR count). The van der Waals surface area contributed by atoms with Gasteiger partial charge in [-0.2, -0.15) is 0 Å². The highest BCUT2D eigenvalue weighted by molar-refractivity contribution is 7.88. The first-order valence-corrected chi connectivity index (χ1v) is 10.3. The Balaban J connectivity index is 1.36. The summed E-state index contributed by atoms with van der Waals surface area (Å²) < 4.78 is 32.2. The van der Waals surface area contributed by atoms with E-state index in [2.05, 4.69) is 10.1 Å². The summed E-state index contributed by atoms with van der Waals surface area (Å²) in [6.07, 6.45) is 1.78. The second-order valence-electron chi connectivity index (χ2n) is 7.18. The molecule has 0 aliphatic carbocycles. The van der Waals surface area contributed by atoms with Crippen LogP contribution in [0.3, 0.4) is 0 Å². The molecule has 6 nitrogen and oxygen atoms in total. The average Bonchev–Trinajstić information content (AvgIpc) is 3.24. The predicted octanol–water partition coefficient (Wildman–Crippen LogP) is 1.88. The minimum atomic E-state index is -3.24. The van der Waals surface area contributed by atoms with Crippen LogP contribution in [0.2, 0.25) is 0 Å². The molecule has 2 aliphatic rings. The lowest BCUT2D eigenvalue weighted by Gasteiger charge is -2.21. The molecule has 2 fully saturated rings. The van der Waals surface area contributed by atoms with Crippen molar-refractivity contribution in [2.75, 3.05) is 26.2 Å². The predicted molar refractivity (Wildman–Crippen MR) is 94.1 cm³/mol. The number of aromatic nitrogens is 1. The molecule has 1 aromatic heterocycles. The molecule has 0 radical (unpaired) electrons. The standard InChI is InChI=1S/C18H23N3O3S/c1-14-16(7-19-24-14)8-20-9-17-11-21(12-18(17)10-20)25(22,23)13-15-5-3-2-4-6-15/h2-7,17-18H,8-13H2,1H3. The largest absolute Gasteiger partial charge is 0.361 e. The number of rotatable bonds is 5. The van der Waals surface area contributed by atoms with Gasteiger partial charge in [-0.25, -0.2) is 12.7 Å². The molecular formula is C18H23N3O3S. The highest BCUT2D eigenvalue weighted by Crippen LogP contribution is 2.34. The fraction of sp³-hybridized carbons (Fsp3) is 0.500. The van der Waals surface area contributed by atoms with Gasteiger partial charge in [0.1, 0.15) is 5.76 Å². The van der Waals surface area contributed by atoms with Crippen molar-refractivity contribution in [2.24, 2.45) is 11.8 Å². The molecule has 2 saturated heterocycles. The number of hydrogen-bond donors (Lipinski definition) is 0. The second-order valence-corrected chi connectivity index (χ2v) is 9.15. The van der Waals surface area contributed by atoms with Crippen LogP contribution >= 0.6 is 0 Å². The minimum Gasteiger partial charge on any atom is -0.361 e. The van der Waals surface area contributed by atoms with E-state index < -0.39 is 10.0 Å². The normalized spacial score (nSPS) is 24.7. The quantitative estimate of drug-likeness (QED) is 0.813. The molecule has 25 heavy (non-hydrogen) atoms. The van der Waals surface area contributed by atoms with Crippen molar-refractivity contribution in [3.05, 3.63) is 53.4 Å². The summed E-state index contributed by atoms with van der Waals surface area (Å²) in [6, 6.07) is 9.42. The molecule has 3 heterocycles. The van der Waals surface area contributed by atoms with Crippen LogP contribution in [0.1, 0.15) is 16.9 Å². The van der Waals surface area contributed by atoms with Gasteiger partial charge in [-0.15, -0.1) is 0 Å². The van der Waals surface area contributed by atoms with E-state index in [4.69, 9.17) is 4.52 Å². The Kier molecular flexibility index (Phi) is 4.39. The van der Waals surface area contributed by atoms with Gasteiger partial charge < -0.3 is 4.52 Å². The van der Waals surface area contributed by atoms with Crippen LogP contribution in [0.5, 0.6) is 0 Å². The van der Waals surface area contributed by atoms with Crippen LogP contribution in [-0.2, 0) is 22.3 Å². The topological polar surface area (TPSA) is 66.7 Å². The molecule has 2 aliphatic heterocycles. The van der Waals surface area contributed by atoms with E-state index in [9.17, 15) is 8.42 Å². The van der Waals surface area contributed by atoms with Crippen molar-refractivity contribution >= 4 is 10.0 Å². The molecule has 0 amide bonds. The molecular weight excluding hydrogens is 338 g/mol. The lowest BCUT2D eigenvalue weighted by molar-refractivity contribution is 0.287. The molecule has 0 N–H and O–H groups in total. The third-order valence-corrected chi connectivity index (χ3v) is 7.14. The van der Waals surface area contributed by atoms with Gasteiger partial charge in [0, 0.05) is 38.3 Å². The summed E-state index contributed by atoms with van der Waals surface area (Å²) in [4.78, 5) is 2.38. The van der Waals surface area contributed by atoms with Crippen LogP contribution in [0.25, 0.3) is 0 Å². The Morgan fingerprint density at radius 3 is 2.40 bits per heavy atom. The maximum atomic E-state index is 12.7. The number of sulfonamides is 1. The first-order chi connectivity index (χ1) is 12.0. The van der Waals surface area contributed by atoms with E-state index in [1.54, 1.807) is 10.5 Å². The fourth-order valence-corrected chi connectivity index (χ4v) is 5.62. The summed E-state index contributed by atoms with van der Waals surface area (Å²) >= 11 is 0. The smallest absolute Gasteiger partial charge is 0.218 e.